The van der Waals surface area contributed by atoms with Crippen molar-refractivity contribution < 1.29 is 9.59 Å². The zero-order chi connectivity index (χ0) is 24.3. The number of hydrogen-bond acceptors (Lipinski definition) is 4. The molecule has 0 unspecified atom stereocenters. The number of para-hydroxylation sites is 1. The molecule has 6 nitrogen and oxygen atoms in total. The summed E-state index contributed by atoms with van der Waals surface area (Å²) >= 11 is 0. The molecular weight excluding hydrogens is 448 g/mol. The van der Waals surface area contributed by atoms with E-state index >= 15 is 0 Å². The Morgan fingerprint density at radius 2 is 1.67 bits per heavy atom. The van der Waals surface area contributed by atoms with Crippen LogP contribution in [0.1, 0.15) is 59.3 Å². The molecule has 1 spiro atoms. The topological polar surface area (TPSA) is 66.4 Å². The highest BCUT2D eigenvalue weighted by Crippen LogP contribution is 2.54. The molecule has 0 N–H and O–H groups in total. The molecule has 0 saturated heterocycles. The minimum atomic E-state index is -1.33. The van der Waals surface area contributed by atoms with Crippen LogP contribution in [0.2, 0.25) is 0 Å². The molecule has 3 aliphatic rings. The van der Waals surface area contributed by atoms with Gasteiger partial charge in [0.05, 0.1) is 16.8 Å². The van der Waals surface area contributed by atoms with Crippen LogP contribution in [0.3, 0.4) is 0 Å². The summed E-state index contributed by atoms with van der Waals surface area (Å²) in [7, 11) is 0. The summed E-state index contributed by atoms with van der Waals surface area (Å²) in [5, 5.41) is 0.949. The molecule has 2 amide bonds. The van der Waals surface area contributed by atoms with Gasteiger partial charge in [0, 0.05) is 29.7 Å². The van der Waals surface area contributed by atoms with E-state index in [1.165, 1.54) is 6.42 Å². The molecule has 4 heterocycles. The molecule has 7 rings (SSSR count). The number of carbonyl (C=O) groups is 2. The monoisotopic (exact) mass is 474 g/mol. The Balaban J connectivity index is 1.52. The Morgan fingerprint density at radius 3 is 2.50 bits per heavy atom. The maximum absolute atomic E-state index is 14.8. The maximum Gasteiger partial charge on any atom is 0.265 e. The van der Waals surface area contributed by atoms with Crippen LogP contribution in [0.15, 0.2) is 79.0 Å². The van der Waals surface area contributed by atoms with Crippen LogP contribution in [-0.4, -0.2) is 32.7 Å². The minimum absolute atomic E-state index is 0.0690. The van der Waals surface area contributed by atoms with E-state index in [1.807, 2.05) is 59.5 Å². The van der Waals surface area contributed by atoms with Gasteiger partial charge in [0.15, 0.2) is 5.54 Å². The predicted octanol–water partition coefficient (Wildman–Crippen LogP) is 5.21. The van der Waals surface area contributed by atoms with Crippen molar-refractivity contribution in [3.63, 3.8) is 0 Å². The average molecular weight is 475 g/mol. The number of nitrogens with zero attached hydrogens (tertiary/aromatic N) is 4. The van der Waals surface area contributed by atoms with E-state index in [2.05, 4.69) is 6.07 Å². The summed E-state index contributed by atoms with van der Waals surface area (Å²) in [6, 6.07) is 23.5. The van der Waals surface area contributed by atoms with Crippen LogP contribution in [0.25, 0.3) is 10.9 Å². The number of benzene rings is 2. The fourth-order valence-electron chi connectivity index (χ4n) is 6.36. The zero-order valence-electron chi connectivity index (χ0n) is 19.9. The number of fused-ring (bicyclic) bond motifs is 5. The largest absolute Gasteiger partial charge is 0.310 e. The van der Waals surface area contributed by atoms with Gasteiger partial charge >= 0.3 is 0 Å². The molecule has 2 aliphatic heterocycles. The zero-order valence-corrected chi connectivity index (χ0v) is 19.9. The normalized spacial score (nSPS) is 21.4. The molecule has 4 aromatic rings. The average Bonchev–Trinajstić information content (AvgIpc) is 3.32. The summed E-state index contributed by atoms with van der Waals surface area (Å²) in [5.74, 6) is 0.406. The van der Waals surface area contributed by atoms with E-state index in [0.717, 1.165) is 47.7 Å². The molecule has 2 aromatic carbocycles. The van der Waals surface area contributed by atoms with E-state index in [-0.39, 0.29) is 17.9 Å². The lowest BCUT2D eigenvalue weighted by molar-refractivity contribution is -0.127. The molecule has 1 atom stereocenters. The standard InChI is InChI=1S/C30H26N4O2/c35-28-23-15-9-17-31-26(23)30(33(28)19-20-10-3-1-4-11-20)24-18-21-12-7-8-16-25(21)32-27(24)34(29(30)36)22-13-5-2-6-14-22/h1,3-4,7-12,15-18,22H,2,5-6,13-14,19H2/t30-/m0/s1. The van der Waals surface area contributed by atoms with Crippen molar-refractivity contribution in [1.82, 2.24) is 14.9 Å². The highest BCUT2D eigenvalue weighted by Gasteiger charge is 2.65. The van der Waals surface area contributed by atoms with Gasteiger partial charge in [-0.05, 0) is 42.7 Å². The van der Waals surface area contributed by atoms with Crippen molar-refractivity contribution in [3.05, 3.63) is 101 Å². The molecule has 6 heteroatoms. The first-order valence-corrected chi connectivity index (χ1v) is 12.7. The fraction of sp³-hybridized carbons (Fsp3) is 0.267. The third-order valence-electron chi connectivity index (χ3n) is 8.00. The number of aromatic nitrogens is 2. The number of amides is 2. The lowest BCUT2D eigenvalue weighted by Crippen LogP contribution is -2.54. The van der Waals surface area contributed by atoms with Crippen molar-refractivity contribution in [1.29, 1.82) is 0 Å². The molecule has 1 saturated carbocycles. The van der Waals surface area contributed by atoms with Gasteiger partial charge in [-0.25, -0.2) is 4.98 Å². The molecule has 0 bridgehead atoms. The first-order chi connectivity index (χ1) is 17.7. The van der Waals surface area contributed by atoms with Crippen molar-refractivity contribution >= 4 is 28.5 Å². The third-order valence-corrected chi connectivity index (χ3v) is 8.00. The van der Waals surface area contributed by atoms with Gasteiger partial charge < -0.3 is 4.90 Å². The number of anilines is 1. The van der Waals surface area contributed by atoms with Gasteiger partial charge in [0.2, 0.25) is 0 Å². The van der Waals surface area contributed by atoms with Crippen LogP contribution in [-0.2, 0) is 16.9 Å². The maximum atomic E-state index is 14.8. The lowest BCUT2D eigenvalue weighted by Gasteiger charge is -2.36. The smallest absolute Gasteiger partial charge is 0.265 e. The first-order valence-electron chi connectivity index (χ1n) is 12.7. The van der Waals surface area contributed by atoms with E-state index in [0.29, 0.717) is 23.6 Å². The second-order valence-electron chi connectivity index (χ2n) is 10.0. The van der Waals surface area contributed by atoms with Crippen LogP contribution in [0.5, 0.6) is 0 Å². The predicted molar refractivity (Wildman–Crippen MR) is 137 cm³/mol. The second kappa shape index (κ2) is 7.98. The van der Waals surface area contributed by atoms with Gasteiger partial charge in [-0.3, -0.25) is 19.5 Å². The number of carbonyl (C=O) groups excluding carboxylic acids is 2. The minimum Gasteiger partial charge on any atom is -0.310 e. The van der Waals surface area contributed by atoms with Gasteiger partial charge in [-0.2, -0.15) is 0 Å². The summed E-state index contributed by atoms with van der Waals surface area (Å²) in [6.45, 7) is 0.312. The first kappa shape index (κ1) is 21.2. The summed E-state index contributed by atoms with van der Waals surface area (Å²) < 4.78 is 0. The molecule has 1 aliphatic carbocycles. The second-order valence-corrected chi connectivity index (χ2v) is 10.0. The molecular formula is C30H26N4O2. The highest BCUT2D eigenvalue weighted by molar-refractivity contribution is 6.17. The molecule has 1 fully saturated rings. The van der Waals surface area contributed by atoms with E-state index in [9.17, 15) is 9.59 Å². The summed E-state index contributed by atoms with van der Waals surface area (Å²) in [4.78, 5) is 42.2. The number of hydrogen-bond donors (Lipinski definition) is 0. The Labute approximate surface area is 209 Å². The van der Waals surface area contributed by atoms with Crippen LogP contribution in [0.4, 0.5) is 5.82 Å². The van der Waals surface area contributed by atoms with Gasteiger partial charge in [-0.15, -0.1) is 0 Å². The Kier molecular flexibility index (Phi) is 4.71. The van der Waals surface area contributed by atoms with Crippen molar-refractivity contribution in [3.8, 4) is 0 Å². The van der Waals surface area contributed by atoms with E-state index < -0.39 is 5.54 Å². The van der Waals surface area contributed by atoms with Crippen LogP contribution < -0.4 is 4.90 Å². The molecule has 36 heavy (non-hydrogen) atoms. The van der Waals surface area contributed by atoms with Gasteiger partial charge in [0.1, 0.15) is 5.82 Å². The van der Waals surface area contributed by atoms with Gasteiger partial charge in [-0.1, -0.05) is 67.8 Å². The Hall–Kier alpha value is -4.06. The fourth-order valence-corrected chi connectivity index (χ4v) is 6.36. The van der Waals surface area contributed by atoms with Crippen molar-refractivity contribution in [2.75, 3.05) is 4.90 Å². The molecule has 0 radical (unpaired) electrons. The third kappa shape index (κ3) is 2.84. The van der Waals surface area contributed by atoms with E-state index in [4.69, 9.17) is 9.97 Å². The number of pyridine rings is 2. The van der Waals surface area contributed by atoms with Gasteiger partial charge in [0.25, 0.3) is 11.8 Å². The van der Waals surface area contributed by atoms with Crippen LogP contribution in [0, 0.1) is 0 Å². The van der Waals surface area contributed by atoms with Crippen molar-refractivity contribution in [2.45, 2.75) is 50.2 Å². The summed E-state index contributed by atoms with van der Waals surface area (Å²) in [5.41, 5.74) is 2.27. The van der Waals surface area contributed by atoms with E-state index in [1.54, 1.807) is 23.2 Å². The Morgan fingerprint density at radius 1 is 0.889 bits per heavy atom. The molecule has 2 aromatic heterocycles. The quantitative estimate of drug-likeness (QED) is 0.409. The van der Waals surface area contributed by atoms with Crippen LogP contribution >= 0.6 is 0 Å². The van der Waals surface area contributed by atoms with Crippen molar-refractivity contribution in [2.24, 2.45) is 0 Å². The summed E-state index contributed by atoms with van der Waals surface area (Å²) in [6.07, 6.45) is 6.93. The number of rotatable bonds is 3. The SMILES string of the molecule is O=C1c2cccnc2[C@@]2(C(=O)N(C3CCCCC3)c3nc4ccccc4cc32)N1Cc1ccccc1. The highest BCUT2D eigenvalue weighted by atomic mass is 16.2. The Bertz CT molecular complexity index is 1510. The lowest BCUT2D eigenvalue weighted by atomic mass is 9.86. The molecule has 178 valence electrons.